The fourth-order valence-corrected chi connectivity index (χ4v) is 3.30. The molecule has 0 bridgehead atoms. The van der Waals surface area contributed by atoms with Crippen LogP contribution in [-0.2, 0) is 0 Å². The molecule has 0 spiro atoms. The van der Waals surface area contributed by atoms with Gasteiger partial charge in [0, 0.05) is 24.0 Å². The standard InChI is InChI=1S/C18H23NO3/c1-11-6-7-12(2)16-15(11)13(3)17(22-16)18(21)19-9-4-5-14(20)8-10-19/h6-7,14,20H,4-5,8-10H2,1-3H3/t14-/m1/s1. The molecule has 1 aromatic carbocycles. The maximum absolute atomic E-state index is 12.8. The number of rotatable bonds is 1. The summed E-state index contributed by atoms with van der Waals surface area (Å²) >= 11 is 0. The van der Waals surface area contributed by atoms with Crippen molar-refractivity contribution in [2.45, 2.75) is 46.1 Å². The minimum Gasteiger partial charge on any atom is -0.450 e. The molecule has 4 nitrogen and oxygen atoms in total. The van der Waals surface area contributed by atoms with Crippen LogP contribution in [0.4, 0.5) is 0 Å². The first-order chi connectivity index (χ1) is 10.5. The van der Waals surface area contributed by atoms with E-state index in [0.29, 0.717) is 25.3 Å². The monoisotopic (exact) mass is 301 g/mol. The number of benzene rings is 1. The fourth-order valence-electron chi connectivity index (χ4n) is 3.30. The molecule has 1 atom stereocenters. The van der Waals surface area contributed by atoms with Crippen molar-refractivity contribution >= 4 is 16.9 Å². The smallest absolute Gasteiger partial charge is 0.289 e. The van der Waals surface area contributed by atoms with Crippen LogP contribution in [0.5, 0.6) is 0 Å². The first-order valence-electron chi connectivity index (χ1n) is 7.95. The molecule has 0 saturated carbocycles. The third kappa shape index (κ3) is 2.52. The van der Waals surface area contributed by atoms with Crippen molar-refractivity contribution in [2.24, 2.45) is 0 Å². The van der Waals surface area contributed by atoms with Crippen molar-refractivity contribution in [1.29, 1.82) is 0 Å². The van der Waals surface area contributed by atoms with Crippen LogP contribution in [0.2, 0.25) is 0 Å². The van der Waals surface area contributed by atoms with Gasteiger partial charge in [-0.1, -0.05) is 12.1 Å². The fraction of sp³-hybridized carbons (Fsp3) is 0.500. The third-order valence-corrected chi connectivity index (χ3v) is 4.66. The highest BCUT2D eigenvalue weighted by atomic mass is 16.3. The van der Waals surface area contributed by atoms with Crippen LogP contribution in [-0.4, -0.2) is 35.1 Å². The van der Waals surface area contributed by atoms with Gasteiger partial charge in [0.2, 0.25) is 0 Å². The summed E-state index contributed by atoms with van der Waals surface area (Å²) in [5.74, 6) is 0.394. The Morgan fingerprint density at radius 2 is 1.91 bits per heavy atom. The predicted octanol–water partition coefficient (Wildman–Crippen LogP) is 3.35. The zero-order valence-corrected chi connectivity index (χ0v) is 13.5. The molecule has 118 valence electrons. The number of nitrogens with zero attached hydrogens (tertiary/aromatic N) is 1. The zero-order valence-electron chi connectivity index (χ0n) is 13.5. The summed E-state index contributed by atoms with van der Waals surface area (Å²) < 4.78 is 5.94. The number of fused-ring (bicyclic) bond motifs is 1. The van der Waals surface area contributed by atoms with Crippen molar-refractivity contribution in [2.75, 3.05) is 13.1 Å². The highest BCUT2D eigenvalue weighted by Gasteiger charge is 2.26. The zero-order chi connectivity index (χ0) is 15.9. The number of aliphatic hydroxyl groups excluding tert-OH is 1. The molecule has 3 rings (SSSR count). The van der Waals surface area contributed by atoms with Gasteiger partial charge in [0.1, 0.15) is 5.58 Å². The summed E-state index contributed by atoms with van der Waals surface area (Å²) in [5, 5.41) is 10.8. The lowest BCUT2D eigenvalue weighted by Crippen LogP contribution is -2.32. The summed E-state index contributed by atoms with van der Waals surface area (Å²) in [6, 6.07) is 4.09. The molecule has 0 unspecified atom stereocenters. The largest absolute Gasteiger partial charge is 0.450 e. The number of carbonyl (C=O) groups is 1. The molecule has 2 aromatic rings. The first kappa shape index (κ1) is 15.1. The van der Waals surface area contributed by atoms with E-state index in [1.807, 2.05) is 31.7 Å². The molecule has 1 aromatic heterocycles. The number of hydrogen-bond acceptors (Lipinski definition) is 3. The Balaban J connectivity index is 1.99. The molecule has 1 aliphatic heterocycles. The van der Waals surface area contributed by atoms with E-state index in [0.717, 1.165) is 40.5 Å². The highest BCUT2D eigenvalue weighted by molar-refractivity contribution is 6.00. The summed E-state index contributed by atoms with van der Waals surface area (Å²) in [7, 11) is 0. The molecular weight excluding hydrogens is 278 g/mol. The quantitative estimate of drug-likeness (QED) is 0.879. The highest BCUT2D eigenvalue weighted by Crippen LogP contribution is 2.31. The summed E-state index contributed by atoms with van der Waals surface area (Å²) in [4.78, 5) is 14.6. The van der Waals surface area contributed by atoms with Gasteiger partial charge in [-0.2, -0.15) is 0 Å². The van der Waals surface area contributed by atoms with Crippen LogP contribution in [0, 0.1) is 20.8 Å². The first-order valence-corrected chi connectivity index (χ1v) is 7.95. The molecule has 1 amide bonds. The second kappa shape index (κ2) is 5.76. The SMILES string of the molecule is Cc1ccc(C)c2c(C)c(C(=O)N3CCC[C@@H](O)CC3)oc12. The minimum atomic E-state index is -0.293. The van der Waals surface area contributed by atoms with E-state index in [2.05, 4.69) is 6.07 Å². The maximum Gasteiger partial charge on any atom is 0.289 e. The lowest BCUT2D eigenvalue weighted by Gasteiger charge is -2.19. The Hall–Kier alpha value is -1.81. The van der Waals surface area contributed by atoms with Crippen molar-refractivity contribution in [3.05, 3.63) is 34.6 Å². The molecular formula is C18H23NO3. The average molecular weight is 301 g/mol. The molecule has 1 aliphatic rings. The second-order valence-electron chi connectivity index (χ2n) is 6.34. The van der Waals surface area contributed by atoms with Gasteiger partial charge in [-0.3, -0.25) is 4.79 Å². The average Bonchev–Trinajstić information content (AvgIpc) is 2.69. The summed E-state index contributed by atoms with van der Waals surface area (Å²) in [5.41, 5.74) is 3.92. The van der Waals surface area contributed by atoms with Gasteiger partial charge in [0.15, 0.2) is 5.76 Å². The topological polar surface area (TPSA) is 53.7 Å². The minimum absolute atomic E-state index is 0.0541. The van der Waals surface area contributed by atoms with Gasteiger partial charge in [-0.15, -0.1) is 0 Å². The molecule has 22 heavy (non-hydrogen) atoms. The number of hydrogen-bond donors (Lipinski definition) is 1. The lowest BCUT2D eigenvalue weighted by molar-refractivity contribution is 0.0722. The van der Waals surface area contributed by atoms with Gasteiger partial charge in [0.05, 0.1) is 6.10 Å². The number of furan rings is 1. The lowest BCUT2D eigenvalue weighted by atomic mass is 10.0. The Morgan fingerprint density at radius 1 is 1.18 bits per heavy atom. The summed E-state index contributed by atoms with van der Waals surface area (Å²) in [6.45, 7) is 7.28. The van der Waals surface area contributed by atoms with E-state index < -0.39 is 0 Å². The van der Waals surface area contributed by atoms with Crippen LogP contribution in [0.1, 0.15) is 46.5 Å². The van der Waals surface area contributed by atoms with Crippen molar-refractivity contribution < 1.29 is 14.3 Å². The predicted molar refractivity (Wildman–Crippen MR) is 86.2 cm³/mol. The van der Waals surface area contributed by atoms with Crippen molar-refractivity contribution in [1.82, 2.24) is 4.90 Å². The second-order valence-corrected chi connectivity index (χ2v) is 6.34. The van der Waals surface area contributed by atoms with E-state index in [1.54, 1.807) is 0 Å². The van der Waals surface area contributed by atoms with E-state index >= 15 is 0 Å². The van der Waals surface area contributed by atoms with Gasteiger partial charge in [-0.05, 0) is 51.2 Å². The normalized spacial score (nSPS) is 19.5. The van der Waals surface area contributed by atoms with Crippen molar-refractivity contribution in [3.63, 3.8) is 0 Å². The Bertz CT molecular complexity index is 717. The van der Waals surface area contributed by atoms with E-state index in [9.17, 15) is 9.90 Å². The van der Waals surface area contributed by atoms with Gasteiger partial charge >= 0.3 is 0 Å². The van der Waals surface area contributed by atoms with Crippen LogP contribution in [0.3, 0.4) is 0 Å². The van der Waals surface area contributed by atoms with E-state index in [4.69, 9.17) is 4.42 Å². The van der Waals surface area contributed by atoms with Gasteiger partial charge in [0.25, 0.3) is 5.91 Å². The number of aryl methyl sites for hydroxylation is 3. The number of amides is 1. The van der Waals surface area contributed by atoms with Crippen LogP contribution in [0.25, 0.3) is 11.0 Å². The number of aliphatic hydroxyl groups is 1. The van der Waals surface area contributed by atoms with Crippen LogP contribution < -0.4 is 0 Å². The molecule has 1 fully saturated rings. The molecule has 4 heteroatoms. The molecule has 0 aliphatic carbocycles. The van der Waals surface area contributed by atoms with Crippen LogP contribution in [0.15, 0.2) is 16.5 Å². The van der Waals surface area contributed by atoms with Gasteiger partial charge < -0.3 is 14.4 Å². The van der Waals surface area contributed by atoms with E-state index in [-0.39, 0.29) is 12.0 Å². The van der Waals surface area contributed by atoms with E-state index in [1.165, 1.54) is 0 Å². The maximum atomic E-state index is 12.8. The summed E-state index contributed by atoms with van der Waals surface area (Å²) in [6.07, 6.45) is 1.95. The Kier molecular flexibility index (Phi) is 3.96. The molecule has 0 radical (unpaired) electrons. The molecule has 1 N–H and O–H groups in total. The van der Waals surface area contributed by atoms with Crippen molar-refractivity contribution in [3.8, 4) is 0 Å². The van der Waals surface area contributed by atoms with Crippen LogP contribution >= 0.6 is 0 Å². The molecule has 2 heterocycles. The third-order valence-electron chi connectivity index (χ3n) is 4.66. The number of likely N-dealkylation sites (tertiary alicyclic amines) is 1. The number of carbonyl (C=O) groups excluding carboxylic acids is 1. The molecule has 1 saturated heterocycles. The van der Waals surface area contributed by atoms with Gasteiger partial charge in [-0.25, -0.2) is 0 Å². The Morgan fingerprint density at radius 3 is 2.64 bits per heavy atom. The Labute approximate surface area is 130 Å².